The van der Waals surface area contributed by atoms with Gasteiger partial charge in [-0.1, -0.05) is 23.3 Å². The lowest BCUT2D eigenvalue weighted by Gasteiger charge is -2.25. The summed E-state index contributed by atoms with van der Waals surface area (Å²) < 4.78 is 0. The fraction of sp³-hybridized carbons (Fsp3) is 0.400. The predicted octanol–water partition coefficient (Wildman–Crippen LogP) is 5.51. The maximum Gasteiger partial charge on any atom is -0.00614 e. The molecule has 1 aliphatic rings. The van der Waals surface area contributed by atoms with Crippen molar-refractivity contribution in [1.82, 2.24) is 0 Å². The van der Waals surface area contributed by atoms with E-state index in [9.17, 15) is 0 Å². The van der Waals surface area contributed by atoms with Gasteiger partial charge in [0.1, 0.15) is 0 Å². The van der Waals surface area contributed by atoms with E-state index >= 15 is 0 Å². The molecule has 0 amide bonds. The van der Waals surface area contributed by atoms with Gasteiger partial charge < -0.3 is 0 Å². The van der Waals surface area contributed by atoms with E-state index in [1.807, 2.05) is 0 Å². The summed E-state index contributed by atoms with van der Waals surface area (Å²) in [6.07, 6.45) is 2.27. The van der Waals surface area contributed by atoms with Crippen LogP contribution in [-0.4, -0.2) is 0 Å². The lowest BCUT2D eigenvalue weighted by atomic mass is 9.79. The molecule has 2 aromatic carbocycles. The minimum absolute atomic E-state index is 1.14. The Balaban J connectivity index is 2.40. The maximum absolute atomic E-state index is 2.38. The van der Waals surface area contributed by atoms with Crippen molar-refractivity contribution in [3.8, 4) is 0 Å². The Morgan fingerprint density at radius 3 is 1.30 bits per heavy atom. The van der Waals surface area contributed by atoms with Crippen LogP contribution in [0.1, 0.15) is 47.2 Å². The van der Waals surface area contributed by atoms with Crippen LogP contribution in [0.4, 0.5) is 0 Å². The van der Waals surface area contributed by atoms with Crippen molar-refractivity contribution in [1.29, 1.82) is 0 Å². The monoisotopic (exact) mass is 264 g/mol. The molecule has 0 aromatic heterocycles. The smallest absolute Gasteiger partial charge is 0.00614 e. The van der Waals surface area contributed by atoms with Crippen LogP contribution in [0.2, 0.25) is 0 Å². The molecule has 0 nitrogen and oxygen atoms in total. The van der Waals surface area contributed by atoms with Gasteiger partial charge in [0.05, 0.1) is 0 Å². The number of fused-ring (bicyclic) bond motifs is 2. The predicted molar refractivity (Wildman–Crippen MR) is 88.7 cm³/mol. The zero-order chi connectivity index (χ0) is 14.6. The van der Waals surface area contributed by atoms with Gasteiger partial charge in [-0.2, -0.15) is 0 Å². The van der Waals surface area contributed by atoms with Crippen molar-refractivity contribution in [3.63, 3.8) is 0 Å². The summed E-state index contributed by atoms with van der Waals surface area (Å²) in [6, 6.07) is 4.77. The molecule has 0 heteroatoms. The first-order valence-corrected chi connectivity index (χ1v) is 7.57. The molecule has 20 heavy (non-hydrogen) atoms. The molecule has 3 rings (SSSR count). The van der Waals surface area contributed by atoms with Crippen LogP contribution in [0.25, 0.3) is 10.8 Å². The molecule has 0 heterocycles. The topological polar surface area (TPSA) is 0 Å². The summed E-state index contributed by atoms with van der Waals surface area (Å²) >= 11 is 0. The summed E-state index contributed by atoms with van der Waals surface area (Å²) in [5.41, 5.74) is 12.1. The molecule has 0 unspecified atom stereocenters. The second-order valence-electron chi connectivity index (χ2n) is 6.60. The third-order valence-electron chi connectivity index (χ3n) is 5.32. The van der Waals surface area contributed by atoms with E-state index in [0.29, 0.717) is 0 Å². The number of rotatable bonds is 0. The average Bonchev–Trinajstić information content (AvgIpc) is 2.41. The molecule has 0 aliphatic heterocycles. The Labute approximate surface area is 122 Å². The van der Waals surface area contributed by atoms with Crippen LogP contribution in [0.15, 0.2) is 23.3 Å². The molecule has 0 saturated carbocycles. The van der Waals surface area contributed by atoms with Crippen molar-refractivity contribution in [2.45, 2.75) is 54.4 Å². The number of allylic oxidation sites excluding steroid dienone is 2. The Bertz CT molecular complexity index is 693. The first-order chi connectivity index (χ1) is 9.40. The Morgan fingerprint density at radius 1 is 0.600 bits per heavy atom. The van der Waals surface area contributed by atoms with Crippen LogP contribution in [0.5, 0.6) is 0 Å². The Hall–Kier alpha value is -1.56. The van der Waals surface area contributed by atoms with Gasteiger partial charge in [0.15, 0.2) is 0 Å². The van der Waals surface area contributed by atoms with Crippen molar-refractivity contribution in [3.05, 3.63) is 56.7 Å². The van der Waals surface area contributed by atoms with Crippen LogP contribution in [-0.2, 0) is 12.8 Å². The van der Waals surface area contributed by atoms with Crippen LogP contribution >= 0.6 is 0 Å². The fourth-order valence-corrected chi connectivity index (χ4v) is 3.53. The highest BCUT2D eigenvalue weighted by Gasteiger charge is 2.20. The van der Waals surface area contributed by atoms with Crippen molar-refractivity contribution < 1.29 is 0 Å². The number of hydrogen-bond acceptors (Lipinski definition) is 0. The molecule has 2 aromatic rings. The van der Waals surface area contributed by atoms with E-state index in [1.165, 1.54) is 33.0 Å². The first-order valence-electron chi connectivity index (χ1n) is 7.57. The van der Waals surface area contributed by atoms with Gasteiger partial charge in [0.2, 0.25) is 0 Å². The number of aryl methyl sites for hydroxylation is 4. The summed E-state index contributed by atoms with van der Waals surface area (Å²) in [5.74, 6) is 0. The lowest BCUT2D eigenvalue weighted by Crippen LogP contribution is -2.10. The summed E-state index contributed by atoms with van der Waals surface area (Å²) in [6.45, 7) is 13.6. The highest BCUT2D eigenvalue weighted by atomic mass is 14.2. The van der Waals surface area contributed by atoms with Crippen molar-refractivity contribution in [2.24, 2.45) is 0 Å². The van der Waals surface area contributed by atoms with E-state index in [4.69, 9.17) is 0 Å². The summed E-state index contributed by atoms with van der Waals surface area (Å²) in [7, 11) is 0. The second kappa shape index (κ2) is 4.48. The van der Waals surface area contributed by atoms with E-state index in [-0.39, 0.29) is 0 Å². The Morgan fingerprint density at radius 2 is 0.950 bits per heavy atom. The van der Waals surface area contributed by atoms with Gasteiger partial charge in [-0.3, -0.25) is 0 Å². The van der Waals surface area contributed by atoms with Gasteiger partial charge in [-0.05, 0) is 98.5 Å². The third-order valence-corrected chi connectivity index (χ3v) is 5.32. The molecule has 0 radical (unpaired) electrons. The second-order valence-corrected chi connectivity index (χ2v) is 6.60. The number of hydrogen-bond donors (Lipinski definition) is 0. The largest absolute Gasteiger partial charge is 0.0697 e. The molecule has 1 aliphatic carbocycles. The SMILES string of the molecule is CC1=C(C)Cc2c(c(C)c3cc(C)c(C)cc3c2C)C1. The molecular weight excluding hydrogens is 240 g/mol. The van der Waals surface area contributed by atoms with E-state index in [2.05, 4.69) is 53.7 Å². The molecular formula is C20H24. The van der Waals surface area contributed by atoms with Crippen molar-refractivity contribution >= 4 is 10.8 Å². The van der Waals surface area contributed by atoms with Crippen molar-refractivity contribution in [2.75, 3.05) is 0 Å². The van der Waals surface area contributed by atoms with Gasteiger partial charge in [-0.25, -0.2) is 0 Å². The third kappa shape index (κ3) is 1.82. The minimum Gasteiger partial charge on any atom is -0.0697 e. The molecule has 0 bridgehead atoms. The Kier molecular flexibility index (Phi) is 3.01. The zero-order valence-corrected chi connectivity index (χ0v) is 13.6. The van der Waals surface area contributed by atoms with E-state index in [0.717, 1.165) is 12.8 Å². The van der Waals surface area contributed by atoms with Gasteiger partial charge in [-0.15, -0.1) is 0 Å². The minimum atomic E-state index is 1.14. The first kappa shape index (κ1) is 13.4. The summed E-state index contributed by atoms with van der Waals surface area (Å²) in [4.78, 5) is 0. The summed E-state index contributed by atoms with van der Waals surface area (Å²) in [5, 5.41) is 2.91. The molecule has 0 N–H and O–H groups in total. The standard InChI is InChI=1S/C20H24/c1-11-7-17-15(5)19-9-13(3)14(4)10-20(19)16(6)18(17)8-12(11)2/h7-8H,9-10H2,1-6H3. The van der Waals surface area contributed by atoms with E-state index in [1.54, 1.807) is 22.3 Å². The molecule has 0 fully saturated rings. The zero-order valence-electron chi connectivity index (χ0n) is 13.6. The van der Waals surface area contributed by atoms with Gasteiger partial charge in [0, 0.05) is 0 Å². The van der Waals surface area contributed by atoms with E-state index < -0.39 is 0 Å². The molecule has 0 saturated heterocycles. The van der Waals surface area contributed by atoms with Crippen LogP contribution < -0.4 is 0 Å². The average molecular weight is 264 g/mol. The maximum atomic E-state index is 2.38. The normalized spacial score (nSPS) is 14.9. The molecule has 0 spiro atoms. The molecule has 0 atom stereocenters. The molecule has 104 valence electrons. The van der Waals surface area contributed by atoms with Gasteiger partial charge >= 0.3 is 0 Å². The highest BCUT2D eigenvalue weighted by Crippen LogP contribution is 2.37. The quantitative estimate of drug-likeness (QED) is 0.550. The van der Waals surface area contributed by atoms with Crippen LogP contribution in [0.3, 0.4) is 0 Å². The fourth-order valence-electron chi connectivity index (χ4n) is 3.53. The van der Waals surface area contributed by atoms with Crippen LogP contribution in [0, 0.1) is 27.7 Å². The van der Waals surface area contributed by atoms with Gasteiger partial charge in [0.25, 0.3) is 0 Å². The lowest BCUT2D eigenvalue weighted by molar-refractivity contribution is 0.936. The highest BCUT2D eigenvalue weighted by molar-refractivity contribution is 5.92. The number of benzene rings is 2.